The average molecular weight is 346 g/mol. The lowest BCUT2D eigenvalue weighted by Gasteiger charge is -2.28. The number of ether oxygens (including phenoxy) is 1. The number of amides is 2. The van der Waals surface area contributed by atoms with E-state index in [4.69, 9.17) is 10.5 Å². The van der Waals surface area contributed by atoms with Crippen molar-refractivity contribution in [3.63, 3.8) is 0 Å². The first-order chi connectivity index (χ1) is 12.1. The summed E-state index contributed by atoms with van der Waals surface area (Å²) in [6.07, 6.45) is 6.91. The maximum Gasteiger partial charge on any atom is 0.267 e. The van der Waals surface area contributed by atoms with Crippen LogP contribution < -0.4 is 5.73 Å². The molecule has 2 amide bonds. The van der Waals surface area contributed by atoms with Crippen molar-refractivity contribution in [3.05, 3.63) is 23.8 Å². The SMILES string of the molecule is NC(=O)c1cc(C[C@H]2CCCN(C(=O)C3CCOCC3)CC2)ncn1. The molecule has 3 rings (SSSR count). The predicted octanol–water partition coefficient (Wildman–Crippen LogP) is 1.17. The lowest BCUT2D eigenvalue weighted by Crippen LogP contribution is -2.39. The van der Waals surface area contributed by atoms with Crippen LogP contribution >= 0.6 is 0 Å². The van der Waals surface area contributed by atoms with Crippen LogP contribution in [0.2, 0.25) is 0 Å². The van der Waals surface area contributed by atoms with Gasteiger partial charge in [0.05, 0.1) is 0 Å². The standard InChI is InChI=1S/C18H26N4O3/c19-17(23)16-11-15(20-12-21-16)10-13-2-1-6-22(7-3-13)18(24)14-4-8-25-9-5-14/h11-14H,1-10H2,(H2,19,23)/t13-/m0/s1. The van der Waals surface area contributed by atoms with Crippen molar-refractivity contribution in [1.29, 1.82) is 0 Å². The van der Waals surface area contributed by atoms with Crippen LogP contribution in [0.3, 0.4) is 0 Å². The van der Waals surface area contributed by atoms with Gasteiger partial charge in [-0.05, 0) is 50.5 Å². The molecule has 1 aromatic rings. The summed E-state index contributed by atoms with van der Waals surface area (Å²) in [4.78, 5) is 34.1. The van der Waals surface area contributed by atoms with E-state index >= 15 is 0 Å². The fourth-order valence-electron chi connectivity index (χ4n) is 3.73. The van der Waals surface area contributed by atoms with E-state index < -0.39 is 5.91 Å². The molecular weight excluding hydrogens is 320 g/mol. The maximum atomic E-state index is 12.7. The molecule has 0 aromatic carbocycles. The quantitative estimate of drug-likeness (QED) is 0.882. The highest BCUT2D eigenvalue weighted by molar-refractivity contribution is 5.90. The Morgan fingerprint density at radius 1 is 1.16 bits per heavy atom. The minimum absolute atomic E-state index is 0.130. The third-order valence-corrected chi connectivity index (χ3v) is 5.20. The molecule has 7 heteroatoms. The number of hydrogen-bond donors (Lipinski definition) is 1. The molecule has 0 aliphatic carbocycles. The van der Waals surface area contributed by atoms with Crippen molar-refractivity contribution in [1.82, 2.24) is 14.9 Å². The van der Waals surface area contributed by atoms with Gasteiger partial charge < -0.3 is 15.4 Å². The minimum Gasteiger partial charge on any atom is -0.381 e. The van der Waals surface area contributed by atoms with Crippen molar-refractivity contribution < 1.29 is 14.3 Å². The number of nitrogens with zero attached hydrogens (tertiary/aromatic N) is 3. The molecule has 0 bridgehead atoms. The van der Waals surface area contributed by atoms with Crippen molar-refractivity contribution >= 4 is 11.8 Å². The second-order valence-electron chi connectivity index (χ2n) is 6.97. The number of likely N-dealkylation sites (tertiary alicyclic amines) is 1. The molecule has 7 nitrogen and oxygen atoms in total. The Morgan fingerprint density at radius 2 is 1.96 bits per heavy atom. The van der Waals surface area contributed by atoms with E-state index in [1.54, 1.807) is 6.07 Å². The van der Waals surface area contributed by atoms with E-state index in [0.717, 1.165) is 57.3 Å². The van der Waals surface area contributed by atoms with Crippen LogP contribution in [0.25, 0.3) is 0 Å². The summed E-state index contributed by atoms with van der Waals surface area (Å²) in [7, 11) is 0. The van der Waals surface area contributed by atoms with Crippen LogP contribution in [0, 0.1) is 11.8 Å². The van der Waals surface area contributed by atoms with Gasteiger partial charge >= 0.3 is 0 Å². The molecule has 2 aliphatic rings. The first-order valence-electron chi connectivity index (χ1n) is 9.10. The molecule has 2 fully saturated rings. The third kappa shape index (κ3) is 4.75. The molecule has 0 saturated carbocycles. The Hall–Kier alpha value is -2.02. The minimum atomic E-state index is -0.530. The van der Waals surface area contributed by atoms with Crippen LogP contribution in [0.4, 0.5) is 0 Å². The van der Waals surface area contributed by atoms with Gasteiger partial charge in [0.25, 0.3) is 5.91 Å². The van der Waals surface area contributed by atoms with Crippen molar-refractivity contribution in [2.45, 2.75) is 38.5 Å². The Morgan fingerprint density at radius 3 is 2.72 bits per heavy atom. The Kier molecular flexibility index (Phi) is 5.96. The van der Waals surface area contributed by atoms with E-state index in [9.17, 15) is 9.59 Å². The molecule has 2 saturated heterocycles. The number of carbonyl (C=O) groups excluding carboxylic acids is 2. The van der Waals surface area contributed by atoms with Crippen LogP contribution in [0.15, 0.2) is 12.4 Å². The van der Waals surface area contributed by atoms with Crippen LogP contribution in [-0.2, 0) is 16.0 Å². The lowest BCUT2D eigenvalue weighted by molar-refractivity contribution is -0.138. The molecule has 1 atom stereocenters. The molecule has 0 unspecified atom stereocenters. The van der Waals surface area contributed by atoms with E-state index in [-0.39, 0.29) is 11.6 Å². The molecule has 2 N–H and O–H groups in total. The zero-order valence-electron chi connectivity index (χ0n) is 14.5. The predicted molar refractivity (Wildman–Crippen MR) is 91.7 cm³/mol. The normalized spacial score (nSPS) is 22.4. The van der Waals surface area contributed by atoms with E-state index in [2.05, 4.69) is 9.97 Å². The Balaban J connectivity index is 1.55. The van der Waals surface area contributed by atoms with Crippen molar-refractivity contribution in [2.75, 3.05) is 26.3 Å². The van der Waals surface area contributed by atoms with Gasteiger partial charge in [0.1, 0.15) is 12.0 Å². The van der Waals surface area contributed by atoms with Crippen LogP contribution in [0.1, 0.15) is 48.3 Å². The molecule has 136 valence electrons. The van der Waals surface area contributed by atoms with Gasteiger partial charge in [-0.1, -0.05) is 0 Å². The number of rotatable bonds is 4. The van der Waals surface area contributed by atoms with Gasteiger partial charge in [-0.15, -0.1) is 0 Å². The number of nitrogens with two attached hydrogens (primary N) is 1. The number of hydrogen-bond acceptors (Lipinski definition) is 5. The summed E-state index contributed by atoms with van der Waals surface area (Å²) < 4.78 is 5.36. The summed E-state index contributed by atoms with van der Waals surface area (Å²) in [5.41, 5.74) is 6.39. The second-order valence-corrected chi connectivity index (χ2v) is 6.97. The molecule has 3 heterocycles. The van der Waals surface area contributed by atoms with Crippen molar-refractivity contribution in [2.24, 2.45) is 17.6 Å². The topological polar surface area (TPSA) is 98.4 Å². The smallest absolute Gasteiger partial charge is 0.267 e. The van der Waals surface area contributed by atoms with Crippen LogP contribution in [0.5, 0.6) is 0 Å². The van der Waals surface area contributed by atoms with E-state index in [0.29, 0.717) is 25.0 Å². The Bertz CT molecular complexity index is 616. The number of primary amides is 1. The summed E-state index contributed by atoms with van der Waals surface area (Å²) in [5.74, 6) is 0.355. The molecule has 0 spiro atoms. The van der Waals surface area contributed by atoms with Crippen LogP contribution in [-0.4, -0.2) is 53.0 Å². The summed E-state index contributed by atoms with van der Waals surface area (Å²) in [6.45, 7) is 3.03. The fourth-order valence-corrected chi connectivity index (χ4v) is 3.73. The molecule has 1 aromatic heterocycles. The monoisotopic (exact) mass is 346 g/mol. The zero-order chi connectivity index (χ0) is 17.6. The number of aromatic nitrogens is 2. The highest BCUT2D eigenvalue weighted by Gasteiger charge is 2.28. The third-order valence-electron chi connectivity index (χ3n) is 5.20. The van der Waals surface area contributed by atoms with Gasteiger partial charge in [-0.3, -0.25) is 9.59 Å². The van der Waals surface area contributed by atoms with E-state index in [1.807, 2.05) is 4.90 Å². The van der Waals surface area contributed by atoms with Crippen molar-refractivity contribution in [3.8, 4) is 0 Å². The number of carbonyl (C=O) groups is 2. The zero-order valence-corrected chi connectivity index (χ0v) is 14.5. The summed E-state index contributed by atoms with van der Waals surface area (Å²) in [6, 6.07) is 1.68. The first kappa shape index (κ1) is 17.8. The Labute approximate surface area is 148 Å². The van der Waals surface area contributed by atoms with Gasteiger partial charge in [0.2, 0.25) is 5.91 Å². The highest BCUT2D eigenvalue weighted by Crippen LogP contribution is 2.24. The molecule has 25 heavy (non-hydrogen) atoms. The maximum absolute atomic E-state index is 12.7. The molecule has 0 radical (unpaired) electrons. The van der Waals surface area contributed by atoms with Gasteiger partial charge in [0, 0.05) is 37.9 Å². The molecular formula is C18H26N4O3. The summed E-state index contributed by atoms with van der Waals surface area (Å²) in [5, 5.41) is 0. The fraction of sp³-hybridized carbons (Fsp3) is 0.667. The average Bonchev–Trinajstić information content (AvgIpc) is 2.87. The first-order valence-corrected chi connectivity index (χ1v) is 9.10. The van der Waals surface area contributed by atoms with E-state index in [1.165, 1.54) is 6.33 Å². The van der Waals surface area contributed by atoms with Gasteiger partial charge in [0.15, 0.2) is 0 Å². The second kappa shape index (κ2) is 8.38. The summed E-state index contributed by atoms with van der Waals surface area (Å²) >= 11 is 0. The largest absolute Gasteiger partial charge is 0.381 e. The van der Waals surface area contributed by atoms with Gasteiger partial charge in [-0.2, -0.15) is 0 Å². The molecule has 2 aliphatic heterocycles. The van der Waals surface area contributed by atoms with Gasteiger partial charge in [-0.25, -0.2) is 9.97 Å². The lowest BCUT2D eigenvalue weighted by atomic mass is 9.95. The highest BCUT2D eigenvalue weighted by atomic mass is 16.5.